The van der Waals surface area contributed by atoms with Gasteiger partial charge in [0.2, 0.25) is 0 Å². The third-order valence-electron chi connectivity index (χ3n) is 3.46. The molecule has 18 heavy (non-hydrogen) atoms. The fourth-order valence-electron chi connectivity index (χ4n) is 2.28. The van der Waals surface area contributed by atoms with Gasteiger partial charge >= 0.3 is 0 Å². The standard InChI is InChI=1S/C13H23N3O2/c1-4-6-13(16(17)18)11-14(3)12-7-9-15(5-2)10-8-12/h4,6,11-12H,5,7-10H2,1-3H3/b6-4+,13-11+. The van der Waals surface area contributed by atoms with E-state index in [4.69, 9.17) is 0 Å². The lowest BCUT2D eigenvalue weighted by atomic mass is 10.0. The SMILES string of the molecule is C/C=C/C(=C\N(C)C1CCN(CC)CC1)[N+](=O)[O-]. The number of allylic oxidation sites excluding steroid dienone is 2. The van der Waals surface area contributed by atoms with Crippen LogP contribution in [0.1, 0.15) is 26.7 Å². The molecule has 0 atom stereocenters. The Hall–Kier alpha value is -1.36. The van der Waals surface area contributed by atoms with Crippen LogP contribution in [0.3, 0.4) is 0 Å². The third kappa shape index (κ3) is 4.14. The molecule has 1 aliphatic heterocycles. The molecule has 0 saturated carbocycles. The minimum Gasteiger partial charge on any atom is -0.372 e. The maximum atomic E-state index is 10.9. The van der Waals surface area contributed by atoms with Gasteiger partial charge in [0.05, 0.1) is 11.1 Å². The molecule has 0 aromatic rings. The highest BCUT2D eigenvalue weighted by molar-refractivity contribution is 5.09. The largest absolute Gasteiger partial charge is 0.372 e. The van der Waals surface area contributed by atoms with Crippen molar-refractivity contribution in [3.05, 3.63) is 34.2 Å². The summed E-state index contributed by atoms with van der Waals surface area (Å²) in [6.45, 7) is 7.20. The van der Waals surface area contributed by atoms with Crippen LogP contribution in [0.2, 0.25) is 0 Å². The number of nitrogens with zero attached hydrogens (tertiary/aromatic N) is 3. The van der Waals surface area contributed by atoms with E-state index in [1.165, 1.54) is 6.08 Å². The Morgan fingerprint density at radius 3 is 2.56 bits per heavy atom. The van der Waals surface area contributed by atoms with Gasteiger partial charge in [-0.2, -0.15) is 0 Å². The van der Waals surface area contributed by atoms with Crippen molar-refractivity contribution >= 4 is 0 Å². The molecule has 0 aromatic heterocycles. The van der Waals surface area contributed by atoms with Crippen LogP contribution in [0.15, 0.2) is 24.0 Å². The van der Waals surface area contributed by atoms with Gasteiger partial charge in [-0.3, -0.25) is 10.1 Å². The quantitative estimate of drug-likeness (QED) is 0.428. The number of likely N-dealkylation sites (tertiary alicyclic amines) is 1. The Kier molecular flexibility index (Phi) is 5.85. The molecule has 0 spiro atoms. The van der Waals surface area contributed by atoms with E-state index in [1.54, 1.807) is 19.2 Å². The molecule has 1 fully saturated rings. The van der Waals surface area contributed by atoms with Crippen LogP contribution in [-0.2, 0) is 0 Å². The van der Waals surface area contributed by atoms with Crippen LogP contribution in [0.5, 0.6) is 0 Å². The van der Waals surface area contributed by atoms with E-state index >= 15 is 0 Å². The van der Waals surface area contributed by atoms with E-state index < -0.39 is 0 Å². The lowest BCUT2D eigenvalue weighted by molar-refractivity contribution is -0.420. The topological polar surface area (TPSA) is 49.6 Å². The second-order valence-electron chi connectivity index (χ2n) is 4.64. The summed E-state index contributed by atoms with van der Waals surface area (Å²) in [7, 11) is 1.93. The van der Waals surface area contributed by atoms with Gasteiger partial charge in [0, 0.05) is 32.3 Å². The smallest absolute Gasteiger partial charge is 0.284 e. The summed E-state index contributed by atoms with van der Waals surface area (Å²) in [4.78, 5) is 14.9. The Labute approximate surface area is 109 Å². The van der Waals surface area contributed by atoms with Crippen LogP contribution in [0.25, 0.3) is 0 Å². The average molecular weight is 253 g/mol. The van der Waals surface area contributed by atoms with Crippen molar-refractivity contribution in [2.45, 2.75) is 32.7 Å². The second-order valence-corrected chi connectivity index (χ2v) is 4.64. The first-order chi connectivity index (χ1) is 8.58. The molecule has 5 nitrogen and oxygen atoms in total. The first-order valence-electron chi connectivity index (χ1n) is 6.51. The predicted molar refractivity (Wildman–Crippen MR) is 72.8 cm³/mol. The maximum Gasteiger partial charge on any atom is 0.284 e. The summed E-state index contributed by atoms with van der Waals surface area (Å²) in [5, 5.41) is 10.9. The number of piperidine rings is 1. The van der Waals surface area contributed by atoms with Gasteiger partial charge in [0.15, 0.2) is 0 Å². The first-order valence-corrected chi connectivity index (χ1v) is 6.51. The van der Waals surface area contributed by atoms with Gasteiger partial charge in [-0.05, 0) is 26.3 Å². The number of hydrogen-bond donors (Lipinski definition) is 0. The zero-order valence-corrected chi connectivity index (χ0v) is 11.5. The van der Waals surface area contributed by atoms with Crippen LogP contribution >= 0.6 is 0 Å². The number of rotatable bonds is 5. The fraction of sp³-hybridized carbons (Fsp3) is 0.692. The summed E-state index contributed by atoms with van der Waals surface area (Å²) < 4.78 is 0. The van der Waals surface area contributed by atoms with Gasteiger partial charge in [-0.15, -0.1) is 0 Å². The Morgan fingerprint density at radius 1 is 1.50 bits per heavy atom. The molecule has 0 bridgehead atoms. The van der Waals surface area contributed by atoms with E-state index in [1.807, 2.05) is 11.9 Å². The van der Waals surface area contributed by atoms with E-state index in [-0.39, 0.29) is 10.6 Å². The van der Waals surface area contributed by atoms with Gasteiger partial charge < -0.3 is 9.80 Å². The van der Waals surface area contributed by atoms with Crippen molar-refractivity contribution in [1.29, 1.82) is 0 Å². The predicted octanol–water partition coefficient (Wildman–Crippen LogP) is 2.10. The molecule has 1 rings (SSSR count). The highest BCUT2D eigenvalue weighted by Crippen LogP contribution is 2.16. The Morgan fingerprint density at radius 2 is 2.11 bits per heavy atom. The molecule has 0 unspecified atom stereocenters. The van der Waals surface area contributed by atoms with E-state index in [2.05, 4.69) is 11.8 Å². The highest BCUT2D eigenvalue weighted by Gasteiger charge is 2.21. The van der Waals surface area contributed by atoms with Gasteiger partial charge in [0.25, 0.3) is 5.70 Å². The second kappa shape index (κ2) is 7.16. The normalized spacial score (nSPS) is 19.4. The van der Waals surface area contributed by atoms with Crippen molar-refractivity contribution in [2.75, 3.05) is 26.7 Å². The van der Waals surface area contributed by atoms with Gasteiger partial charge in [-0.1, -0.05) is 13.0 Å². The summed E-state index contributed by atoms with van der Waals surface area (Å²) in [6.07, 6.45) is 7.02. The first kappa shape index (κ1) is 14.7. The van der Waals surface area contributed by atoms with Crippen molar-refractivity contribution in [1.82, 2.24) is 9.80 Å². The zero-order chi connectivity index (χ0) is 13.5. The minimum absolute atomic E-state index is 0.151. The van der Waals surface area contributed by atoms with Crippen molar-refractivity contribution in [3.8, 4) is 0 Å². The molecular formula is C13H23N3O2. The number of hydrogen-bond acceptors (Lipinski definition) is 4. The summed E-state index contributed by atoms with van der Waals surface area (Å²) in [5.41, 5.74) is 0.151. The summed E-state index contributed by atoms with van der Waals surface area (Å²) in [6, 6.07) is 0.410. The van der Waals surface area contributed by atoms with Crippen molar-refractivity contribution in [3.63, 3.8) is 0 Å². The van der Waals surface area contributed by atoms with Crippen LogP contribution in [0, 0.1) is 10.1 Å². The zero-order valence-electron chi connectivity index (χ0n) is 11.5. The Bertz CT molecular complexity index is 331. The fourth-order valence-corrected chi connectivity index (χ4v) is 2.28. The molecule has 5 heteroatoms. The van der Waals surface area contributed by atoms with Gasteiger partial charge in [-0.25, -0.2) is 0 Å². The minimum atomic E-state index is -0.336. The molecule has 0 radical (unpaired) electrons. The van der Waals surface area contributed by atoms with Crippen LogP contribution in [0.4, 0.5) is 0 Å². The molecule has 0 N–H and O–H groups in total. The lowest BCUT2D eigenvalue weighted by Gasteiger charge is -2.35. The molecule has 1 heterocycles. The molecular weight excluding hydrogens is 230 g/mol. The average Bonchev–Trinajstić information content (AvgIpc) is 2.38. The summed E-state index contributed by atoms with van der Waals surface area (Å²) in [5.74, 6) is 0. The van der Waals surface area contributed by atoms with E-state index in [0.717, 1.165) is 32.5 Å². The van der Waals surface area contributed by atoms with E-state index in [9.17, 15) is 10.1 Å². The van der Waals surface area contributed by atoms with Crippen LogP contribution < -0.4 is 0 Å². The monoisotopic (exact) mass is 253 g/mol. The molecule has 1 saturated heterocycles. The third-order valence-corrected chi connectivity index (χ3v) is 3.46. The van der Waals surface area contributed by atoms with Crippen molar-refractivity contribution in [2.24, 2.45) is 0 Å². The molecule has 0 aromatic carbocycles. The van der Waals surface area contributed by atoms with E-state index in [0.29, 0.717) is 6.04 Å². The molecule has 0 aliphatic carbocycles. The summed E-state index contributed by atoms with van der Waals surface area (Å²) >= 11 is 0. The number of nitro groups is 1. The Balaban J connectivity index is 2.61. The van der Waals surface area contributed by atoms with Crippen molar-refractivity contribution < 1.29 is 4.92 Å². The van der Waals surface area contributed by atoms with Gasteiger partial charge in [0.1, 0.15) is 0 Å². The lowest BCUT2D eigenvalue weighted by Crippen LogP contribution is -2.41. The maximum absolute atomic E-state index is 10.9. The molecule has 102 valence electrons. The molecule has 0 amide bonds. The molecule has 1 aliphatic rings. The van der Waals surface area contributed by atoms with Crippen LogP contribution in [-0.4, -0.2) is 47.4 Å². The highest BCUT2D eigenvalue weighted by atomic mass is 16.6.